The van der Waals surface area contributed by atoms with Gasteiger partial charge in [-0.25, -0.2) is 14.6 Å². The molecule has 0 saturated heterocycles. The zero-order valence-electron chi connectivity index (χ0n) is 14.2. The second-order valence-electron chi connectivity index (χ2n) is 5.36. The molecule has 0 radical (unpaired) electrons. The predicted octanol–water partition coefficient (Wildman–Crippen LogP) is 3.64. The smallest absolute Gasteiger partial charge is 0.163 e. The fourth-order valence-corrected chi connectivity index (χ4v) is 2.46. The van der Waals surface area contributed by atoms with Gasteiger partial charge in [-0.3, -0.25) is 0 Å². The highest BCUT2D eigenvalue weighted by Gasteiger charge is 2.15. The zero-order chi connectivity index (χ0) is 17.8. The number of hydrogen-bond acceptors (Lipinski definition) is 5. The number of benzene rings is 1. The SMILES string of the molecule is C=C/C(=C\C=C/C)Oc1ccc(-c2nn(C)c3ncnc(N)c23)cc1. The van der Waals surface area contributed by atoms with Crippen LogP contribution in [0.1, 0.15) is 6.92 Å². The molecule has 0 spiro atoms. The highest BCUT2D eigenvalue weighted by atomic mass is 16.5. The molecule has 6 nitrogen and oxygen atoms in total. The van der Waals surface area contributed by atoms with Gasteiger partial charge in [0, 0.05) is 12.6 Å². The summed E-state index contributed by atoms with van der Waals surface area (Å²) >= 11 is 0. The van der Waals surface area contributed by atoms with E-state index in [1.54, 1.807) is 10.8 Å². The monoisotopic (exact) mass is 333 g/mol. The second kappa shape index (κ2) is 7.00. The summed E-state index contributed by atoms with van der Waals surface area (Å²) in [5.74, 6) is 1.80. The molecule has 0 fully saturated rings. The van der Waals surface area contributed by atoms with Gasteiger partial charge in [-0.05, 0) is 43.3 Å². The van der Waals surface area contributed by atoms with Crippen LogP contribution in [0.4, 0.5) is 5.82 Å². The largest absolute Gasteiger partial charge is 0.457 e. The summed E-state index contributed by atoms with van der Waals surface area (Å²) in [6.07, 6.45) is 8.78. The van der Waals surface area contributed by atoms with Gasteiger partial charge in [0.25, 0.3) is 0 Å². The molecule has 6 heteroatoms. The zero-order valence-corrected chi connectivity index (χ0v) is 14.2. The van der Waals surface area contributed by atoms with Crippen LogP contribution >= 0.6 is 0 Å². The lowest BCUT2D eigenvalue weighted by molar-refractivity contribution is 0.445. The summed E-state index contributed by atoms with van der Waals surface area (Å²) in [4.78, 5) is 8.31. The van der Waals surface area contributed by atoms with Crippen LogP contribution in [-0.4, -0.2) is 19.7 Å². The third-order valence-corrected chi connectivity index (χ3v) is 3.67. The van der Waals surface area contributed by atoms with Gasteiger partial charge in [0.15, 0.2) is 5.65 Å². The van der Waals surface area contributed by atoms with E-state index in [2.05, 4.69) is 21.6 Å². The van der Waals surface area contributed by atoms with Crippen molar-refractivity contribution in [1.29, 1.82) is 0 Å². The molecule has 0 bridgehead atoms. The van der Waals surface area contributed by atoms with E-state index in [0.29, 0.717) is 23.0 Å². The van der Waals surface area contributed by atoms with Crippen LogP contribution < -0.4 is 10.5 Å². The topological polar surface area (TPSA) is 78.8 Å². The summed E-state index contributed by atoms with van der Waals surface area (Å²) < 4.78 is 7.49. The van der Waals surface area contributed by atoms with Gasteiger partial charge in [-0.1, -0.05) is 18.7 Å². The molecule has 0 saturated carbocycles. The lowest BCUT2D eigenvalue weighted by Gasteiger charge is -2.06. The molecule has 0 unspecified atom stereocenters. The van der Waals surface area contributed by atoms with E-state index in [9.17, 15) is 0 Å². The van der Waals surface area contributed by atoms with Crippen LogP contribution in [-0.2, 0) is 7.05 Å². The van der Waals surface area contributed by atoms with Crippen molar-refractivity contribution in [3.05, 3.63) is 67.2 Å². The number of fused-ring (bicyclic) bond motifs is 1. The number of hydrogen-bond donors (Lipinski definition) is 1. The first-order chi connectivity index (χ1) is 12.1. The molecule has 3 aromatic rings. The Morgan fingerprint density at radius 2 is 2.00 bits per heavy atom. The fourth-order valence-electron chi connectivity index (χ4n) is 2.46. The van der Waals surface area contributed by atoms with Gasteiger partial charge in [0.2, 0.25) is 0 Å². The Morgan fingerprint density at radius 1 is 1.24 bits per heavy atom. The Morgan fingerprint density at radius 3 is 2.68 bits per heavy atom. The highest BCUT2D eigenvalue weighted by Crippen LogP contribution is 2.30. The lowest BCUT2D eigenvalue weighted by atomic mass is 10.1. The molecule has 0 aliphatic carbocycles. The number of nitrogens with two attached hydrogens (primary N) is 1. The van der Waals surface area contributed by atoms with Gasteiger partial charge < -0.3 is 10.5 Å². The molecular formula is C19H19N5O. The van der Waals surface area contributed by atoms with Gasteiger partial charge in [-0.15, -0.1) is 0 Å². The number of allylic oxidation sites excluding steroid dienone is 4. The van der Waals surface area contributed by atoms with Crippen molar-refractivity contribution in [2.24, 2.45) is 7.05 Å². The minimum Gasteiger partial charge on any atom is -0.457 e. The molecule has 126 valence electrons. The molecule has 2 N–H and O–H groups in total. The van der Waals surface area contributed by atoms with Crippen LogP contribution in [0.15, 0.2) is 67.2 Å². The van der Waals surface area contributed by atoms with Gasteiger partial charge in [0.1, 0.15) is 29.3 Å². The number of nitrogen functional groups attached to an aromatic ring is 1. The maximum absolute atomic E-state index is 6.01. The van der Waals surface area contributed by atoms with E-state index in [0.717, 1.165) is 16.6 Å². The van der Waals surface area contributed by atoms with Crippen LogP contribution in [0.5, 0.6) is 5.75 Å². The normalized spacial score (nSPS) is 12.0. The standard InChI is InChI=1S/C19H19N5O/c1-4-6-7-14(5-2)25-15-10-8-13(9-11-15)17-16-18(20)21-12-22-19(16)24(3)23-17/h4-12H,2H2,1,3H3,(H2,20,21,22)/b6-4-,14-7+. The third-order valence-electron chi connectivity index (χ3n) is 3.67. The van der Waals surface area contributed by atoms with Crippen molar-refractivity contribution < 1.29 is 4.74 Å². The highest BCUT2D eigenvalue weighted by molar-refractivity contribution is 5.98. The van der Waals surface area contributed by atoms with Crippen LogP contribution in [0.25, 0.3) is 22.3 Å². The summed E-state index contributed by atoms with van der Waals surface area (Å²) in [7, 11) is 1.83. The molecule has 0 amide bonds. The first-order valence-electron chi connectivity index (χ1n) is 7.81. The summed E-state index contributed by atoms with van der Waals surface area (Å²) in [5.41, 5.74) is 8.37. The molecule has 2 heterocycles. The van der Waals surface area contributed by atoms with Crippen molar-refractivity contribution in [3.63, 3.8) is 0 Å². The lowest BCUT2D eigenvalue weighted by Crippen LogP contribution is -1.95. The number of aryl methyl sites for hydroxylation is 1. The van der Waals surface area contributed by atoms with E-state index < -0.39 is 0 Å². The van der Waals surface area contributed by atoms with E-state index in [4.69, 9.17) is 10.5 Å². The van der Waals surface area contributed by atoms with Gasteiger partial charge in [-0.2, -0.15) is 5.10 Å². The minimum absolute atomic E-state index is 0.414. The van der Waals surface area contributed by atoms with Crippen LogP contribution in [0, 0.1) is 0 Å². The Kier molecular flexibility index (Phi) is 4.61. The fraction of sp³-hybridized carbons (Fsp3) is 0.105. The maximum atomic E-state index is 6.01. The van der Waals surface area contributed by atoms with Crippen LogP contribution in [0.2, 0.25) is 0 Å². The second-order valence-corrected chi connectivity index (χ2v) is 5.36. The van der Waals surface area contributed by atoms with E-state index in [-0.39, 0.29) is 0 Å². The van der Waals surface area contributed by atoms with E-state index in [1.807, 2.05) is 56.5 Å². The number of anilines is 1. The van der Waals surface area contributed by atoms with E-state index in [1.165, 1.54) is 6.33 Å². The maximum Gasteiger partial charge on any atom is 0.163 e. The first-order valence-corrected chi connectivity index (χ1v) is 7.81. The van der Waals surface area contributed by atoms with Crippen molar-refractivity contribution in [2.45, 2.75) is 6.92 Å². The average Bonchev–Trinajstić information content (AvgIpc) is 2.97. The van der Waals surface area contributed by atoms with Crippen molar-refractivity contribution in [1.82, 2.24) is 19.7 Å². The molecule has 1 aromatic carbocycles. The van der Waals surface area contributed by atoms with Gasteiger partial charge >= 0.3 is 0 Å². The summed E-state index contributed by atoms with van der Waals surface area (Å²) in [6.45, 7) is 5.70. The molecule has 0 aliphatic rings. The van der Waals surface area contributed by atoms with Crippen molar-refractivity contribution in [3.8, 4) is 17.0 Å². The predicted molar refractivity (Wildman–Crippen MR) is 99.9 cm³/mol. The summed E-state index contributed by atoms with van der Waals surface area (Å²) in [5, 5.41) is 5.27. The Balaban J connectivity index is 1.95. The number of aromatic nitrogens is 4. The molecule has 0 aliphatic heterocycles. The molecule has 0 atom stereocenters. The third kappa shape index (κ3) is 3.28. The first kappa shape index (κ1) is 16.4. The van der Waals surface area contributed by atoms with Gasteiger partial charge in [0.05, 0.1) is 5.39 Å². The van der Waals surface area contributed by atoms with E-state index >= 15 is 0 Å². The molecule has 2 aromatic heterocycles. The quantitative estimate of drug-likeness (QED) is 0.570. The Bertz CT molecular complexity index is 967. The Hall–Kier alpha value is -3.41. The average molecular weight is 333 g/mol. The number of rotatable bonds is 5. The molecular weight excluding hydrogens is 314 g/mol. The minimum atomic E-state index is 0.414. The molecule has 3 rings (SSSR count). The number of ether oxygens (including phenoxy) is 1. The summed E-state index contributed by atoms with van der Waals surface area (Å²) in [6, 6.07) is 7.62. The van der Waals surface area contributed by atoms with Crippen molar-refractivity contribution >= 4 is 16.9 Å². The number of nitrogens with zero attached hydrogens (tertiary/aromatic N) is 4. The van der Waals surface area contributed by atoms with Crippen molar-refractivity contribution in [2.75, 3.05) is 5.73 Å². The molecule has 25 heavy (non-hydrogen) atoms. The van der Waals surface area contributed by atoms with Crippen LogP contribution in [0.3, 0.4) is 0 Å². The Labute approximate surface area is 146 Å².